The molecule has 1 aromatic carbocycles. The molecule has 1 aliphatic heterocycles. The normalized spacial score (nSPS) is 16.0. The zero-order valence-corrected chi connectivity index (χ0v) is 17.7. The molecule has 4 aromatic rings. The maximum Gasteiger partial charge on any atom is 0.272 e. The average molecular weight is 435 g/mol. The van der Waals surface area contributed by atoms with Crippen molar-refractivity contribution in [1.29, 1.82) is 0 Å². The third-order valence-electron chi connectivity index (χ3n) is 5.58. The number of benzene rings is 1. The lowest BCUT2D eigenvalue weighted by Gasteiger charge is -2.10. The lowest BCUT2D eigenvalue weighted by atomic mass is 10.1. The third kappa shape index (κ3) is 3.73. The molecular weight excluding hydrogens is 413 g/mol. The minimum absolute atomic E-state index is 0.108. The van der Waals surface area contributed by atoms with Crippen molar-refractivity contribution in [1.82, 2.24) is 34.6 Å². The zero-order valence-electron chi connectivity index (χ0n) is 17.7. The van der Waals surface area contributed by atoms with Gasteiger partial charge >= 0.3 is 0 Å². The zero-order chi connectivity index (χ0) is 22.2. The lowest BCUT2D eigenvalue weighted by molar-refractivity contribution is 0.0946. The third-order valence-corrected chi connectivity index (χ3v) is 5.58. The van der Waals surface area contributed by atoms with Crippen LogP contribution in [-0.4, -0.2) is 41.8 Å². The van der Waals surface area contributed by atoms with Gasteiger partial charge in [0.2, 0.25) is 0 Å². The standard InChI is InChI=1S/C22H22FN7O2/c1-29-11-15(10-27-29)14-6-13(7-16(23)8-14)9-24-22(31)18-19-20(26-12-25-18)28-21(30(19)2)17-4-3-5-32-17/h6-8,10-12,17H,3-5,9H2,1-2H3,(H,24,31). The SMILES string of the molecule is Cn1cc(-c2cc(F)cc(CNC(=O)c3ncnc4nc(C5CCCO5)n(C)c34)c2)cn1. The number of carbonyl (C=O) groups is 1. The second kappa shape index (κ2) is 8.12. The molecule has 1 fully saturated rings. The summed E-state index contributed by atoms with van der Waals surface area (Å²) in [5.41, 5.74) is 3.34. The summed E-state index contributed by atoms with van der Waals surface area (Å²) in [5, 5.41) is 6.96. The van der Waals surface area contributed by atoms with Crippen LogP contribution in [0, 0.1) is 5.82 Å². The van der Waals surface area contributed by atoms with Crippen LogP contribution in [0.3, 0.4) is 0 Å². The van der Waals surface area contributed by atoms with Gasteiger partial charge in [0.05, 0.1) is 6.20 Å². The molecule has 1 saturated heterocycles. The van der Waals surface area contributed by atoms with Crippen molar-refractivity contribution in [3.05, 3.63) is 59.8 Å². The van der Waals surface area contributed by atoms with Crippen LogP contribution in [0.2, 0.25) is 0 Å². The number of hydrogen-bond donors (Lipinski definition) is 1. The molecule has 164 valence electrons. The summed E-state index contributed by atoms with van der Waals surface area (Å²) in [6.45, 7) is 0.841. The van der Waals surface area contributed by atoms with Crippen molar-refractivity contribution in [2.24, 2.45) is 14.1 Å². The highest BCUT2D eigenvalue weighted by molar-refractivity contribution is 6.02. The summed E-state index contributed by atoms with van der Waals surface area (Å²) in [6, 6.07) is 4.67. The number of ether oxygens (including phenoxy) is 1. The van der Waals surface area contributed by atoms with Gasteiger partial charge in [-0.25, -0.2) is 19.3 Å². The fraction of sp³-hybridized carbons (Fsp3) is 0.318. The van der Waals surface area contributed by atoms with Crippen molar-refractivity contribution in [3.63, 3.8) is 0 Å². The molecule has 3 aromatic heterocycles. The fourth-order valence-electron chi connectivity index (χ4n) is 4.05. The summed E-state index contributed by atoms with van der Waals surface area (Å²) < 4.78 is 23.4. The molecule has 5 rings (SSSR count). The van der Waals surface area contributed by atoms with Crippen LogP contribution in [0.5, 0.6) is 0 Å². The molecule has 32 heavy (non-hydrogen) atoms. The summed E-state index contributed by atoms with van der Waals surface area (Å²) in [5.74, 6) is -0.0300. The summed E-state index contributed by atoms with van der Waals surface area (Å²) >= 11 is 0. The van der Waals surface area contributed by atoms with Gasteiger partial charge in [-0.05, 0) is 42.2 Å². The Bertz CT molecular complexity index is 1310. The molecule has 1 N–H and O–H groups in total. The molecule has 10 heteroatoms. The van der Waals surface area contributed by atoms with E-state index in [4.69, 9.17) is 4.74 Å². The van der Waals surface area contributed by atoms with Crippen LogP contribution >= 0.6 is 0 Å². The van der Waals surface area contributed by atoms with Crippen LogP contribution in [0.4, 0.5) is 4.39 Å². The van der Waals surface area contributed by atoms with E-state index in [1.807, 2.05) is 23.9 Å². The topological polar surface area (TPSA) is 99.8 Å². The molecule has 0 spiro atoms. The monoisotopic (exact) mass is 435 g/mol. The predicted molar refractivity (Wildman–Crippen MR) is 114 cm³/mol. The Morgan fingerprint density at radius 3 is 2.88 bits per heavy atom. The molecule has 1 amide bonds. The van der Waals surface area contributed by atoms with Crippen LogP contribution in [0.15, 0.2) is 36.9 Å². The van der Waals surface area contributed by atoms with Gasteiger partial charge in [0.25, 0.3) is 5.91 Å². The van der Waals surface area contributed by atoms with Crippen molar-refractivity contribution in [2.45, 2.75) is 25.5 Å². The number of aryl methyl sites for hydroxylation is 2. The van der Waals surface area contributed by atoms with Crippen LogP contribution in [-0.2, 0) is 25.4 Å². The van der Waals surface area contributed by atoms with Crippen molar-refractivity contribution in [2.75, 3.05) is 6.61 Å². The summed E-state index contributed by atoms with van der Waals surface area (Å²) in [7, 11) is 3.63. The highest BCUT2D eigenvalue weighted by Crippen LogP contribution is 2.30. The van der Waals surface area contributed by atoms with Gasteiger partial charge in [0.1, 0.15) is 29.6 Å². The van der Waals surface area contributed by atoms with Crippen LogP contribution in [0.25, 0.3) is 22.3 Å². The number of fused-ring (bicyclic) bond motifs is 1. The number of carbonyl (C=O) groups excluding carboxylic acids is 1. The number of nitrogens with zero attached hydrogens (tertiary/aromatic N) is 6. The summed E-state index contributed by atoms with van der Waals surface area (Å²) in [4.78, 5) is 26.0. The van der Waals surface area contributed by atoms with Crippen LogP contribution in [0.1, 0.15) is 40.8 Å². The Morgan fingerprint density at radius 2 is 2.12 bits per heavy atom. The Kier molecular flexibility index (Phi) is 5.14. The number of imidazole rings is 1. The molecule has 4 heterocycles. The molecular formula is C22H22FN7O2. The smallest absolute Gasteiger partial charge is 0.272 e. The maximum absolute atomic E-state index is 14.2. The summed E-state index contributed by atoms with van der Waals surface area (Å²) in [6.07, 6.45) is 6.55. The highest BCUT2D eigenvalue weighted by atomic mass is 19.1. The van der Waals surface area contributed by atoms with Gasteiger partial charge in [0, 0.05) is 39.0 Å². The van der Waals surface area contributed by atoms with Crippen molar-refractivity contribution < 1.29 is 13.9 Å². The Labute approximate surface area is 183 Å². The number of hydrogen-bond acceptors (Lipinski definition) is 6. The second-order valence-corrected chi connectivity index (χ2v) is 7.86. The Balaban J connectivity index is 1.39. The average Bonchev–Trinajstić information content (AvgIpc) is 3.52. The van der Waals surface area contributed by atoms with Gasteiger partial charge in [-0.15, -0.1) is 0 Å². The van der Waals surface area contributed by atoms with E-state index in [1.54, 1.807) is 17.9 Å². The first-order valence-electron chi connectivity index (χ1n) is 10.3. The van der Waals surface area contributed by atoms with E-state index in [9.17, 15) is 9.18 Å². The van der Waals surface area contributed by atoms with Gasteiger partial charge in [-0.3, -0.25) is 9.48 Å². The van der Waals surface area contributed by atoms with E-state index < -0.39 is 0 Å². The first kappa shape index (κ1) is 20.3. The van der Waals surface area contributed by atoms with Crippen molar-refractivity contribution in [3.8, 4) is 11.1 Å². The van der Waals surface area contributed by atoms with E-state index in [0.717, 1.165) is 24.2 Å². The van der Waals surface area contributed by atoms with Gasteiger partial charge in [-0.2, -0.15) is 5.10 Å². The molecule has 1 unspecified atom stereocenters. The van der Waals surface area contributed by atoms with E-state index in [1.165, 1.54) is 18.5 Å². The van der Waals surface area contributed by atoms with Gasteiger partial charge < -0.3 is 14.6 Å². The fourth-order valence-corrected chi connectivity index (χ4v) is 4.05. The molecule has 0 radical (unpaired) electrons. The molecule has 0 bridgehead atoms. The van der Waals surface area contributed by atoms with E-state index in [-0.39, 0.29) is 30.1 Å². The van der Waals surface area contributed by atoms with E-state index >= 15 is 0 Å². The van der Waals surface area contributed by atoms with Crippen molar-refractivity contribution >= 4 is 17.1 Å². The number of halogens is 1. The first-order valence-corrected chi connectivity index (χ1v) is 10.3. The quantitative estimate of drug-likeness (QED) is 0.517. The minimum Gasteiger partial charge on any atom is -0.370 e. The van der Waals surface area contributed by atoms with E-state index in [2.05, 4.69) is 25.4 Å². The highest BCUT2D eigenvalue weighted by Gasteiger charge is 2.26. The lowest BCUT2D eigenvalue weighted by Crippen LogP contribution is -2.25. The number of amides is 1. The molecule has 1 atom stereocenters. The van der Waals surface area contributed by atoms with E-state index in [0.29, 0.717) is 28.9 Å². The predicted octanol–water partition coefficient (Wildman–Crippen LogP) is 2.68. The van der Waals surface area contributed by atoms with Crippen LogP contribution < -0.4 is 5.32 Å². The Morgan fingerprint density at radius 1 is 1.25 bits per heavy atom. The van der Waals surface area contributed by atoms with Gasteiger partial charge in [0.15, 0.2) is 11.3 Å². The number of rotatable bonds is 5. The maximum atomic E-state index is 14.2. The number of aromatic nitrogens is 6. The largest absolute Gasteiger partial charge is 0.370 e. The number of nitrogens with one attached hydrogen (secondary N) is 1. The molecule has 0 saturated carbocycles. The second-order valence-electron chi connectivity index (χ2n) is 7.86. The first-order chi connectivity index (χ1) is 15.5. The molecule has 0 aliphatic carbocycles. The Hall–Kier alpha value is -3.66. The molecule has 9 nitrogen and oxygen atoms in total. The minimum atomic E-state index is -0.383. The molecule has 1 aliphatic rings. The van der Waals surface area contributed by atoms with Gasteiger partial charge in [-0.1, -0.05) is 0 Å².